The van der Waals surface area contributed by atoms with Gasteiger partial charge in [0.1, 0.15) is 0 Å². The fraction of sp³-hybridized carbons (Fsp3) is 0.167. The van der Waals surface area contributed by atoms with Gasteiger partial charge in [0.2, 0.25) is 0 Å². The summed E-state index contributed by atoms with van der Waals surface area (Å²) in [7, 11) is 0. The van der Waals surface area contributed by atoms with E-state index in [9.17, 15) is 0 Å². The third kappa shape index (κ3) is 4.72. The summed E-state index contributed by atoms with van der Waals surface area (Å²) in [6.45, 7) is 1.65. The summed E-state index contributed by atoms with van der Waals surface area (Å²) < 4.78 is 2.26. The molecule has 0 atom stereocenters. The molecule has 5 heteroatoms. The van der Waals surface area contributed by atoms with Gasteiger partial charge in [-0.1, -0.05) is 36.4 Å². The molecular formula is C18H21IN4. The van der Waals surface area contributed by atoms with Crippen molar-refractivity contribution in [2.45, 2.75) is 13.0 Å². The molecule has 1 aromatic heterocycles. The zero-order valence-corrected chi connectivity index (χ0v) is 15.2. The summed E-state index contributed by atoms with van der Waals surface area (Å²) in [5.41, 5.74) is 8.11. The maximum Gasteiger partial charge on any atom is 0.193 e. The topological polar surface area (TPSA) is 55.3 Å². The van der Waals surface area contributed by atoms with Gasteiger partial charge in [-0.3, -0.25) is 4.99 Å². The second-order valence-electron chi connectivity index (χ2n) is 5.18. The Labute approximate surface area is 153 Å². The maximum atomic E-state index is 5.89. The number of hydrogen-bond acceptors (Lipinski definition) is 1. The quantitative estimate of drug-likeness (QED) is 0.283. The molecule has 0 amide bonds. The van der Waals surface area contributed by atoms with E-state index >= 15 is 0 Å². The van der Waals surface area contributed by atoms with Crippen molar-refractivity contribution < 1.29 is 0 Å². The molecule has 0 unspecified atom stereocenters. The molecule has 0 aliphatic carbocycles. The molecule has 0 spiro atoms. The van der Waals surface area contributed by atoms with Crippen molar-refractivity contribution in [2.75, 3.05) is 11.9 Å². The number of nitrogens with one attached hydrogen (secondary N) is 1. The molecule has 3 N–H and O–H groups in total. The van der Waals surface area contributed by atoms with Gasteiger partial charge in [-0.15, -0.1) is 24.0 Å². The maximum absolute atomic E-state index is 5.89. The number of rotatable bonds is 5. The second-order valence-corrected chi connectivity index (χ2v) is 5.18. The summed E-state index contributed by atoms with van der Waals surface area (Å²) in [4.78, 5) is 4.37. The molecule has 0 bridgehead atoms. The first-order valence-corrected chi connectivity index (χ1v) is 7.49. The Morgan fingerprint density at radius 3 is 2.57 bits per heavy atom. The van der Waals surface area contributed by atoms with E-state index in [1.807, 2.05) is 30.3 Å². The fourth-order valence-corrected chi connectivity index (χ4v) is 2.49. The van der Waals surface area contributed by atoms with Gasteiger partial charge in [-0.05, 0) is 36.1 Å². The van der Waals surface area contributed by atoms with Crippen LogP contribution in [0.3, 0.4) is 0 Å². The zero-order valence-electron chi connectivity index (χ0n) is 12.9. The highest BCUT2D eigenvalue weighted by molar-refractivity contribution is 14.0. The van der Waals surface area contributed by atoms with Crippen LogP contribution >= 0.6 is 24.0 Å². The van der Waals surface area contributed by atoms with E-state index in [1.54, 1.807) is 0 Å². The first-order chi connectivity index (χ1) is 10.8. The highest BCUT2D eigenvalue weighted by Crippen LogP contribution is 2.15. The Bertz CT molecular complexity index is 765. The van der Waals surface area contributed by atoms with Gasteiger partial charge in [-0.2, -0.15) is 0 Å². The van der Waals surface area contributed by atoms with Gasteiger partial charge in [0.15, 0.2) is 5.96 Å². The molecule has 0 saturated heterocycles. The van der Waals surface area contributed by atoms with Crippen LogP contribution in [0.15, 0.2) is 71.9 Å². The van der Waals surface area contributed by atoms with Crippen LogP contribution in [-0.2, 0) is 6.54 Å². The average molecular weight is 420 g/mol. The average Bonchev–Trinajstić information content (AvgIpc) is 2.96. The van der Waals surface area contributed by atoms with Gasteiger partial charge in [0.05, 0.1) is 0 Å². The summed E-state index contributed by atoms with van der Waals surface area (Å²) in [5.74, 6) is 0.462. The number of nitrogens with two attached hydrogens (primary N) is 1. The lowest BCUT2D eigenvalue weighted by molar-refractivity contribution is 0.671. The zero-order chi connectivity index (χ0) is 15.2. The molecule has 0 fully saturated rings. The molecule has 3 aromatic rings. The molecule has 1 heterocycles. The number of guanidine groups is 1. The summed E-state index contributed by atoms with van der Waals surface area (Å²) >= 11 is 0. The van der Waals surface area contributed by atoms with Crippen molar-refractivity contribution >= 4 is 46.5 Å². The Kier molecular flexibility index (Phi) is 6.46. The van der Waals surface area contributed by atoms with Crippen LogP contribution in [0.4, 0.5) is 5.69 Å². The molecule has 120 valence electrons. The Hall–Kier alpha value is -2.02. The first-order valence-electron chi connectivity index (χ1n) is 7.49. The smallest absolute Gasteiger partial charge is 0.193 e. The Morgan fingerprint density at radius 1 is 1.00 bits per heavy atom. The van der Waals surface area contributed by atoms with Crippen LogP contribution in [0.5, 0.6) is 0 Å². The van der Waals surface area contributed by atoms with Crippen molar-refractivity contribution in [3.8, 4) is 0 Å². The highest BCUT2D eigenvalue weighted by atomic mass is 127. The normalized spacial score (nSPS) is 11.2. The van der Waals surface area contributed by atoms with Crippen LogP contribution in [-0.4, -0.2) is 17.1 Å². The SMILES string of the molecule is I.NC(=NCCCn1ccc2ccccc21)Nc1ccccc1. The molecule has 3 rings (SSSR count). The lowest BCUT2D eigenvalue weighted by Gasteiger charge is -2.06. The molecule has 23 heavy (non-hydrogen) atoms. The minimum absolute atomic E-state index is 0. The number of fused-ring (bicyclic) bond motifs is 1. The molecular weight excluding hydrogens is 399 g/mol. The van der Waals surface area contributed by atoms with E-state index in [-0.39, 0.29) is 24.0 Å². The van der Waals surface area contributed by atoms with Gasteiger partial charge in [-0.25, -0.2) is 0 Å². The second kappa shape index (κ2) is 8.57. The number of aromatic nitrogens is 1. The molecule has 4 nitrogen and oxygen atoms in total. The number of para-hydroxylation sites is 2. The number of nitrogens with zero attached hydrogens (tertiary/aromatic N) is 2. The lowest BCUT2D eigenvalue weighted by atomic mass is 10.2. The fourth-order valence-electron chi connectivity index (χ4n) is 2.49. The van der Waals surface area contributed by atoms with Gasteiger partial charge in [0, 0.05) is 30.5 Å². The van der Waals surface area contributed by atoms with E-state index < -0.39 is 0 Å². The van der Waals surface area contributed by atoms with Crippen molar-refractivity contribution in [1.82, 2.24) is 4.57 Å². The molecule has 2 aromatic carbocycles. The van der Waals surface area contributed by atoms with Crippen LogP contribution in [0.1, 0.15) is 6.42 Å². The van der Waals surface area contributed by atoms with Gasteiger partial charge in [0.25, 0.3) is 0 Å². The molecule has 0 aliphatic heterocycles. The molecule has 0 aliphatic rings. The van der Waals surface area contributed by atoms with E-state index in [0.717, 1.165) is 18.7 Å². The molecule has 0 radical (unpaired) electrons. The number of anilines is 1. The summed E-state index contributed by atoms with van der Waals surface area (Å²) in [6, 6.07) is 20.4. The Balaban J connectivity index is 0.00000192. The number of aliphatic imine (C=N–C) groups is 1. The van der Waals surface area contributed by atoms with Crippen molar-refractivity contribution in [2.24, 2.45) is 10.7 Å². The first kappa shape index (κ1) is 17.3. The summed E-state index contributed by atoms with van der Waals surface area (Å²) in [5, 5.41) is 4.36. The number of benzene rings is 2. The van der Waals surface area contributed by atoms with Crippen LogP contribution in [0, 0.1) is 0 Å². The lowest BCUT2D eigenvalue weighted by Crippen LogP contribution is -2.22. The Morgan fingerprint density at radius 2 is 1.74 bits per heavy atom. The van der Waals surface area contributed by atoms with Crippen molar-refractivity contribution in [1.29, 1.82) is 0 Å². The van der Waals surface area contributed by atoms with E-state index in [4.69, 9.17) is 5.73 Å². The third-order valence-electron chi connectivity index (χ3n) is 3.57. The number of halogens is 1. The van der Waals surface area contributed by atoms with E-state index in [1.165, 1.54) is 10.9 Å². The van der Waals surface area contributed by atoms with Crippen LogP contribution < -0.4 is 11.1 Å². The van der Waals surface area contributed by atoms with E-state index in [2.05, 4.69) is 51.4 Å². The van der Waals surface area contributed by atoms with Crippen molar-refractivity contribution in [3.63, 3.8) is 0 Å². The van der Waals surface area contributed by atoms with Crippen LogP contribution in [0.2, 0.25) is 0 Å². The van der Waals surface area contributed by atoms with E-state index in [0.29, 0.717) is 12.5 Å². The van der Waals surface area contributed by atoms with Gasteiger partial charge < -0.3 is 15.6 Å². The largest absolute Gasteiger partial charge is 0.370 e. The predicted octanol–water partition coefficient (Wildman–Crippen LogP) is 4.08. The number of aryl methyl sites for hydroxylation is 1. The van der Waals surface area contributed by atoms with Gasteiger partial charge >= 0.3 is 0 Å². The monoisotopic (exact) mass is 420 g/mol. The highest BCUT2D eigenvalue weighted by Gasteiger charge is 1.99. The summed E-state index contributed by atoms with van der Waals surface area (Å²) in [6.07, 6.45) is 3.08. The standard InChI is InChI=1S/C18H20N4.HI/c19-18(21-16-8-2-1-3-9-16)20-12-6-13-22-14-11-15-7-4-5-10-17(15)22;/h1-5,7-11,14H,6,12-13H2,(H3,19,20,21);1H. The van der Waals surface area contributed by atoms with Crippen molar-refractivity contribution in [3.05, 3.63) is 66.9 Å². The minimum Gasteiger partial charge on any atom is -0.370 e. The van der Waals surface area contributed by atoms with Crippen LogP contribution in [0.25, 0.3) is 10.9 Å². The predicted molar refractivity (Wildman–Crippen MR) is 109 cm³/mol. The minimum atomic E-state index is 0. The third-order valence-corrected chi connectivity index (χ3v) is 3.57. The number of hydrogen-bond donors (Lipinski definition) is 2. The molecule has 0 saturated carbocycles.